The number of rotatable bonds is 6. The minimum atomic E-state index is -0.132. The molecule has 0 radical (unpaired) electrons. The van der Waals surface area contributed by atoms with Crippen LogP contribution in [0.3, 0.4) is 0 Å². The second-order valence-corrected chi connectivity index (χ2v) is 5.50. The summed E-state index contributed by atoms with van der Waals surface area (Å²) in [6.07, 6.45) is 5.36. The molecule has 1 amide bonds. The minimum absolute atomic E-state index is 0.132. The topological polar surface area (TPSA) is 90.5 Å². The van der Waals surface area contributed by atoms with Gasteiger partial charge in [0.15, 0.2) is 5.82 Å². The highest BCUT2D eigenvalue weighted by Crippen LogP contribution is 2.06. The molecule has 0 unspecified atom stereocenters. The highest BCUT2D eigenvalue weighted by Gasteiger charge is 2.08. The number of nitrogens with zero attached hydrogens (tertiary/aromatic N) is 6. The molecule has 24 heavy (non-hydrogen) atoms. The Labute approximate surface area is 139 Å². The average molecular weight is 325 g/mol. The number of aromatic nitrogens is 6. The van der Waals surface area contributed by atoms with E-state index in [1.165, 1.54) is 11.0 Å². The first-order valence-electron chi connectivity index (χ1n) is 7.74. The molecule has 0 aliphatic heterocycles. The van der Waals surface area contributed by atoms with Gasteiger partial charge in [0.2, 0.25) is 0 Å². The molecule has 0 atom stereocenters. The van der Waals surface area contributed by atoms with Crippen molar-refractivity contribution in [2.75, 3.05) is 6.54 Å². The van der Waals surface area contributed by atoms with Gasteiger partial charge >= 0.3 is 0 Å². The van der Waals surface area contributed by atoms with E-state index in [9.17, 15) is 4.79 Å². The highest BCUT2D eigenvalue weighted by atomic mass is 16.1. The van der Waals surface area contributed by atoms with Crippen LogP contribution in [0.15, 0.2) is 37.1 Å². The normalized spacial score (nSPS) is 10.8. The number of amides is 1. The summed E-state index contributed by atoms with van der Waals surface area (Å²) in [5.41, 5.74) is 2.68. The maximum absolute atomic E-state index is 12.2. The number of carbonyl (C=O) groups excluding carboxylic acids is 1. The molecule has 3 aromatic heterocycles. The smallest absolute Gasteiger partial charge is 0.251 e. The molecule has 0 saturated heterocycles. The first-order valence-corrected chi connectivity index (χ1v) is 7.74. The number of hydrogen-bond acceptors (Lipinski definition) is 5. The van der Waals surface area contributed by atoms with Crippen LogP contribution in [0, 0.1) is 13.8 Å². The van der Waals surface area contributed by atoms with Gasteiger partial charge in [-0.3, -0.25) is 9.48 Å². The van der Waals surface area contributed by atoms with Gasteiger partial charge in [-0.05, 0) is 38.5 Å². The van der Waals surface area contributed by atoms with Gasteiger partial charge in [-0.1, -0.05) is 0 Å². The summed E-state index contributed by atoms with van der Waals surface area (Å²) in [6.45, 7) is 5.36. The van der Waals surface area contributed by atoms with Crippen LogP contribution in [0.5, 0.6) is 0 Å². The molecule has 0 aliphatic carbocycles. The lowest BCUT2D eigenvalue weighted by atomic mass is 10.2. The van der Waals surface area contributed by atoms with E-state index in [1.807, 2.05) is 24.6 Å². The van der Waals surface area contributed by atoms with Crippen molar-refractivity contribution >= 4 is 5.91 Å². The zero-order chi connectivity index (χ0) is 16.9. The summed E-state index contributed by atoms with van der Waals surface area (Å²) < 4.78 is 3.47. The standard InChI is InChI=1S/C16H19N7O/c1-12-8-13(2)22(21-12)7-3-5-19-16(24)14-4-6-18-15(9-14)23-11-17-10-20-23/h4,6,8-11H,3,5,7H2,1-2H3,(H,19,24). The van der Waals surface area contributed by atoms with Crippen LogP contribution in [0.2, 0.25) is 0 Å². The van der Waals surface area contributed by atoms with E-state index in [0.717, 1.165) is 24.4 Å². The fraction of sp³-hybridized carbons (Fsp3) is 0.312. The Bertz CT molecular complexity index is 823. The van der Waals surface area contributed by atoms with Gasteiger partial charge in [-0.15, -0.1) is 0 Å². The average Bonchev–Trinajstić information content (AvgIpc) is 3.21. The number of pyridine rings is 1. The maximum Gasteiger partial charge on any atom is 0.251 e. The predicted molar refractivity (Wildman–Crippen MR) is 87.8 cm³/mol. The van der Waals surface area contributed by atoms with Crippen LogP contribution in [-0.2, 0) is 6.54 Å². The van der Waals surface area contributed by atoms with E-state index in [1.54, 1.807) is 24.7 Å². The zero-order valence-corrected chi connectivity index (χ0v) is 13.7. The fourth-order valence-electron chi connectivity index (χ4n) is 2.45. The predicted octanol–water partition coefficient (Wildman–Crippen LogP) is 1.30. The van der Waals surface area contributed by atoms with Crippen molar-refractivity contribution in [2.45, 2.75) is 26.8 Å². The fourth-order valence-corrected chi connectivity index (χ4v) is 2.45. The second kappa shape index (κ2) is 7.03. The van der Waals surface area contributed by atoms with Gasteiger partial charge in [0.1, 0.15) is 12.7 Å². The Hall–Kier alpha value is -3.03. The molecule has 3 rings (SSSR count). The Morgan fingerprint density at radius 2 is 2.17 bits per heavy atom. The molecule has 0 aromatic carbocycles. The van der Waals surface area contributed by atoms with Gasteiger partial charge in [0.25, 0.3) is 5.91 Å². The minimum Gasteiger partial charge on any atom is -0.352 e. The molecule has 0 fully saturated rings. The molecule has 1 N–H and O–H groups in total. The van der Waals surface area contributed by atoms with Crippen LogP contribution in [0.4, 0.5) is 0 Å². The van der Waals surface area contributed by atoms with E-state index in [-0.39, 0.29) is 5.91 Å². The second-order valence-electron chi connectivity index (χ2n) is 5.50. The SMILES string of the molecule is Cc1cc(C)n(CCCNC(=O)c2ccnc(-n3cncn3)c2)n1. The van der Waals surface area contributed by atoms with Gasteiger partial charge in [0.05, 0.1) is 5.69 Å². The molecule has 0 saturated carbocycles. The number of carbonyl (C=O) groups is 1. The largest absolute Gasteiger partial charge is 0.352 e. The third kappa shape index (κ3) is 3.65. The first-order chi connectivity index (χ1) is 11.6. The Morgan fingerprint density at radius 1 is 1.29 bits per heavy atom. The van der Waals surface area contributed by atoms with Gasteiger partial charge in [-0.2, -0.15) is 10.2 Å². The quantitative estimate of drug-likeness (QED) is 0.690. The molecule has 3 aromatic rings. The summed E-state index contributed by atoms with van der Waals surface area (Å²) in [5.74, 6) is 0.426. The number of aryl methyl sites for hydroxylation is 3. The van der Waals surface area contributed by atoms with E-state index in [0.29, 0.717) is 17.9 Å². The van der Waals surface area contributed by atoms with Crippen molar-refractivity contribution in [1.82, 2.24) is 34.8 Å². The van der Waals surface area contributed by atoms with Crippen LogP contribution in [-0.4, -0.2) is 42.0 Å². The van der Waals surface area contributed by atoms with E-state index in [2.05, 4.69) is 25.5 Å². The third-order valence-corrected chi connectivity index (χ3v) is 3.60. The lowest BCUT2D eigenvalue weighted by molar-refractivity contribution is 0.0952. The van der Waals surface area contributed by atoms with E-state index in [4.69, 9.17) is 0 Å². The molecular weight excluding hydrogens is 306 g/mol. The summed E-state index contributed by atoms with van der Waals surface area (Å²) in [4.78, 5) is 20.3. The molecule has 0 spiro atoms. The molecule has 8 nitrogen and oxygen atoms in total. The van der Waals surface area contributed by atoms with Crippen molar-refractivity contribution in [1.29, 1.82) is 0 Å². The Balaban J connectivity index is 1.54. The molecular formula is C16H19N7O. The Morgan fingerprint density at radius 3 is 2.88 bits per heavy atom. The van der Waals surface area contributed by atoms with E-state index >= 15 is 0 Å². The van der Waals surface area contributed by atoms with Crippen LogP contribution < -0.4 is 5.32 Å². The van der Waals surface area contributed by atoms with Crippen LogP contribution in [0.25, 0.3) is 5.82 Å². The molecule has 3 heterocycles. The summed E-state index contributed by atoms with van der Waals surface area (Å²) in [6, 6.07) is 5.41. The lowest BCUT2D eigenvalue weighted by Gasteiger charge is -2.07. The van der Waals surface area contributed by atoms with Gasteiger partial charge < -0.3 is 5.32 Å². The van der Waals surface area contributed by atoms with E-state index < -0.39 is 0 Å². The summed E-state index contributed by atoms with van der Waals surface area (Å²) in [7, 11) is 0. The van der Waals surface area contributed by atoms with Crippen molar-refractivity contribution in [3.63, 3.8) is 0 Å². The van der Waals surface area contributed by atoms with Crippen molar-refractivity contribution in [3.8, 4) is 5.82 Å². The molecule has 0 aliphatic rings. The van der Waals surface area contributed by atoms with Crippen LogP contribution in [0.1, 0.15) is 28.2 Å². The number of hydrogen-bond donors (Lipinski definition) is 1. The van der Waals surface area contributed by atoms with Gasteiger partial charge in [0, 0.05) is 30.5 Å². The number of nitrogens with one attached hydrogen (secondary N) is 1. The maximum atomic E-state index is 12.2. The molecule has 8 heteroatoms. The highest BCUT2D eigenvalue weighted by molar-refractivity contribution is 5.94. The molecule has 124 valence electrons. The van der Waals surface area contributed by atoms with Crippen LogP contribution >= 0.6 is 0 Å². The molecule has 0 bridgehead atoms. The van der Waals surface area contributed by atoms with Gasteiger partial charge in [-0.25, -0.2) is 14.6 Å². The van der Waals surface area contributed by atoms with Crippen molar-refractivity contribution in [3.05, 3.63) is 54.0 Å². The zero-order valence-electron chi connectivity index (χ0n) is 13.7. The van der Waals surface area contributed by atoms with Crippen molar-refractivity contribution in [2.24, 2.45) is 0 Å². The van der Waals surface area contributed by atoms with Crippen molar-refractivity contribution < 1.29 is 4.79 Å². The summed E-state index contributed by atoms with van der Waals surface area (Å²) >= 11 is 0. The Kier molecular flexibility index (Phi) is 4.64. The lowest BCUT2D eigenvalue weighted by Crippen LogP contribution is -2.25. The summed E-state index contributed by atoms with van der Waals surface area (Å²) in [5, 5.41) is 11.3. The third-order valence-electron chi connectivity index (χ3n) is 3.60. The monoisotopic (exact) mass is 325 g/mol. The first kappa shape index (κ1) is 15.9.